The highest BCUT2D eigenvalue weighted by atomic mass is 79.9. The summed E-state index contributed by atoms with van der Waals surface area (Å²) < 4.78 is 0. The van der Waals surface area contributed by atoms with Crippen LogP contribution in [0.4, 0.5) is 4.79 Å². The van der Waals surface area contributed by atoms with Crippen molar-refractivity contribution in [1.29, 1.82) is 0 Å². The van der Waals surface area contributed by atoms with Crippen LogP contribution in [0, 0.1) is 0 Å². The van der Waals surface area contributed by atoms with Crippen LogP contribution in [0.15, 0.2) is 0 Å². The lowest BCUT2D eigenvalue weighted by molar-refractivity contribution is 0.248. The average Bonchev–Trinajstić information content (AvgIpc) is 1.66. The molecule has 0 saturated heterocycles. The zero-order valence-electron chi connectivity index (χ0n) is 5.01. The number of urea groups is 1. The van der Waals surface area contributed by atoms with Crippen molar-refractivity contribution in [2.24, 2.45) is 5.73 Å². The predicted octanol–water partition coefficient (Wildman–Crippen LogP) is 0.405. The summed E-state index contributed by atoms with van der Waals surface area (Å²) in [4.78, 5) is 12.4. The third-order valence-corrected chi connectivity index (χ3v) is 0.926. The molecule has 0 aliphatic carbocycles. The molecule has 0 aromatic heterocycles. The first-order valence-electron chi connectivity index (χ1n) is 2.19. The largest absolute Gasteiger partial charge is 0.351 e. The molecule has 56 valence electrons. The van der Waals surface area contributed by atoms with Gasteiger partial charge < -0.3 is 5.73 Å². The van der Waals surface area contributed by atoms with Crippen molar-refractivity contribution in [2.45, 2.75) is 6.92 Å². The van der Waals surface area contributed by atoms with Gasteiger partial charge in [0.1, 0.15) is 0 Å². The second-order valence-electron chi connectivity index (χ2n) is 1.02. The Morgan fingerprint density at radius 3 is 2.67 bits per heavy atom. The van der Waals surface area contributed by atoms with Crippen LogP contribution >= 0.6 is 28.9 Å². The van der Waals surface area contributed by atoms with Crippen molar-refractivity contribution in [3.63, 3.8) is 0 Å². The van der Waals surface area contributed by atoms with Gasteiger partial charge >= 0.3 is 6.03 Å². The minimum atomic E-state index is -0.564. The Morgan fingerprint density at radius 1 is 1.78 bits per heavy atom. The van der Waals surface area contributed by atoms with Crippen LogP contribution in [0.2, 0.25) is 0 Å². The van der Waals surface area contributed by atoms with Gasteiger partial charge in [0.15, 0.2) is 0 Å². The molecule has 0 heterocycles. The fourth-order valence-corrected chi connectivity index (χ4v) is 0.476. The monoisotopic (exact) mass is 215 g/mol. The van der Waals surface area contributed by atoms with Crippen LogP contribution in [0.5, 0.6) is 0 Å². The lowest BCUT2D eigenvalue weighted by atomic mass is 11.0. The highest BCUT2D eigenvalue weighted by Gasteiger charge is 1.84. The third kappa shape index (κ3) is 11.6. The second-order valence-corrected chi connectivity index (χ2v) is 2.09. The molecule has 0 fully saturated rings. The van der Waals surface area contributed by atoms with E-state index >= 15 is 0 Å². The molecular weight excluding hydrogens is 206 g/mol. The Balaban J connectivity index is 0. The van der Waals surface area contributed by atoms with Gasteiger partial charge in [-0.2, -0.15) is 4.83 Å². The Kier molecular flexibility index (Phi) is 10.6. The number of hydrogen-bond acceptors (Lipinski definition) is 3. The minimum absolute atomic E-state index is 0. The summed E-state index contributed by atoms with van der Waals surface area (Å²) in [6.07, 6.45) is 0. The maximum atomic E-state index is 9.91. The van der Waals surface area contributed by atoms with Gasteiger partial charge in [0, 0.05) is 5.75 Å². The Labute approximate surface area is 68.8 Å². The molecule has 0 aromatic rings. The SMILES string of the molecule is Br.CCSNNC(N)=O. The van der Waals surface area contributed by atoms with Gasteiger partial charge in [-0.05, 0) is 0 Å². The molecule has 6 heteroatoms. The van der Waals surface area contributed by atoms with E-state index in [0.29, 0.717) is 0 Å². The molecule has 2 amide bonds. The number of rotatable bonds is 3. The first-order chi connectivity index (χ1) is 3.77. The average molecular weight is 216 g/mol. The molecule has 0 radical (unpaired) electrons. The number of hydrazine groups is 1. The molecule has 0 rings (SSSR count). The Bertz CT molecular complexity index is 81.5. The van der Waals surface area contributed by atoms with Crippen LogP contribution in [0.25, 0.3) is 0 Å². The smallest absolute Gasteiger partial charge is 0.327 e. The molecule has 4 N–H and O–H groups in total. The molecule has 4 nitrogen and oxygen atoms in total. The molecule has 0 aromatic carbocycles. The van der Waals surface area contributed by atoms with E-state index in [1.807, 2.05) is 6.92 Å². The number of carbonyl (C=O) groups is 1. The summed E-state index contributed by atoms with van der Waals surface area (Å²) in [5.74, 6) is 0.889. The van der Waals surface area contributed by atoms with E-state index in [1.54, 1.807) is 0 Å². The van der Waals surface area contributed by atoms with Crippen LogP contribution in [-0.2, 0) is 0 Å². The molecule has 0 saturated carbocycles. The van der Waals surface area contributed by atoms with Crippen molar-refractivity contribution in [3.8, 4) is 0 Å². The third-order valence-electron chi connectivity index (χ3n) is 0.391. The number of carbonyl (C=O) groups excluding carboxylic acids is 1. The number of halogens is 1. The van der Waals surface area contributed by atoms with Crippen LogP contribution < -0.4 is 16.0 Å². The normalized spacial score (nSPS) is 7.67. The van der Waals surface area contributed by atoms with Gasteiger partial charge in [-0.15, -0.1) is 17.0 Å². The molecule has 0 bridgehead atoms. The minimum Gasteiger partial charge on any atom is -0.351 e. The molecule has 0 aliphatic rings. The van der Waals surface area contributed by atoms with E-state index in [-0.39, 0.29) is 17.0 Å². The van der Waals surface area contributed by atoms with Crippen molar-refractivity contribution in [1.82, 2.24) is 10.3 Å². The van der Waals surface area contributed by atoms with E-state index < -0.39 is 6.03 Å². The summed E-state index contributed by atoms with van der Waals surface area (Å²) in [6, 6.07) is -0.564. The summed E-state index contributed by atoms with van der Waals surface area (Å²) in [5.41, 5.74) is 6.91. The quantitative estimate of drug-likeness (QED) is 0.363. The number of amides is 2. The van der Waals surface area contributed by atoms with Crippen molar-refractivity contribution >= 4 is 35.0 Å². The molecule has 0 spiro atoms. The summed E-state index contributed by atoms with van der Waals surface area (Å²) in [5, 5.41) is 0. The molecule has 9 heavy (non-hydrogen) atoms. The Hall–Kier alpha value is 0.0600. The standard InChI is InChI=1S/C3H9N3OS.BrH/c1-2-8-6-5-3(4)7;/h6H,2H2,1H3,(H3,4,5,7);1H. The van der Waals surface area contributed by atoms with Crippen LogP contribution in [0.1, 0.15) is 6.92 Å². The van der Waals surface area contributed by atoms with Gasteiger partial charge in [0.05, 0.1) is 0 Å². The number of hydrogen-bond donors (Lipinski definition) is 3. The number of nitrogens with two attached hydrogens (primary N) is 1. The molecule has 0 atom stereocenters. The lowest BCUT2D eigenvalue weighted by Crippen LogP contribution is -2.37. The van der Waals surface area contributed by atoms with E-state index in [1.165, 1.54) is 11.9 Å². The van der Waals surface area contributed by atoms with E-state index in [2.05, 4.69) is 10.3 Å². The maximum Gasteiger partial charge on any atom is 0.327 e. The van der Waals surface area contributed by atoms with Crippen LogP contribution in [0.3, 0.4) is 0 Å². The molecule has 0 unspecified atom stereocenters. The van der Waals surface area contributed by atoms with Crippen molar-refractivity contribution < 1.29 is 4.79 Å². The van der Waals surface area contributed by atoms with Crippen LogP contribution in [-0.4, -0.2) is 11.8 Å². The van der Waals surface area contributed by atoms with E-state index in [4.69, 9.17) is 5.73 Å². The summed E-state index contributed by atoms with van der Waals surface area (Å²) >= 11 is 1.37. The van der Waals surface area contributed by atoms with Crippen molar-refractivity contribution in [3.05, 3.63) is 0 Å². The zero-order chi connectivity index (χ0) is 6.41. The van der Waals surface area contributed by atoms with E-state index in [0.717, 1.165) is 5.75 Å². The van der Waals surface area contributed by atoms with Gasteiger partial charge in [-0.1, -0.05) is 18.9 Å². The first kappa shape index (κ1) is 11.8. The molecule has 0 aliphatic heterocycles. The van der Waals surface area contributed by atoms with Gasteiger partial charge in [0.2, 0.25) is 0 Å². The van der Waals surface area contributed by atoms with Gasteiger partial charge in [-0.25, -0.2) is 4.79 Å². The second kappa shape index (κ2) is 8.06. The fourth-order valence-electron chi connectivity index (χ4n) is 0.159. The zero-order valence-corrected chi connectivity index (χ0v) is 7.54. The highest BCUT2D eigenvalue weighted by Crippen LogP contribution is 1.84. The number of nitrogens with one attached hydrogen (secondary N) is 2. The highest BCUT2D eigenvalue weighted by molar-refractivity contribution is 8.93. The summed E-state index contributed by atoms with van der Waals surface area (Å²) in [7, 11) is 0. The Morgan fingerprint density at radius 2 is 2.33 bits per heavy atom. The van der Waals surface area contributed by atoms with Crippen molar-refractivity contribution in [2.75, 3.05) is 5.75 Å². The lowest BCUT2D eigenvalue weighted by Gasteiger charge is -1.98. The fraction of sp³-hybridized carbons (Fsp3) is 0.667. The maximum absolute atomic E-state index is 9.91. The number of primary amides is 1. The summed E-state index contributed by atoms with van der Waals surface area (Å²) in [6.45, 7) is 1.96. The molecular formula is C3H10BrN3OS. The first-order valence-corrected chi connectivity index (χ1v) is 3.18. The van der Waals surface area contributed by atoms with Gasteiger partial charge in [-0.3, -0.25) is 5.43 Å². The predicted molar refractivity (Wildman–Crippen MR) is 44.3 cm³/mol. The topological polar surface area (TPSA) is 67.2 Å². The van der Waals surface area contributed by atoms with Gasteiger partial charge in [0.25, 0.3) is 0 Å². The van der Waals surface area contributed by atoms with E-state index in [9.17, 15) is 4.79 Å².